The molecule has 0 aliphatic carbocycles. The average Bonchev–Trinajstić information content (AvgIpc) is 3.12. The molecule has 8 nitrogen and oxygen atoms in total. The third kappa shape index (κ3) is 6.31. The smallest absolute Gasteiger partial charge is 0.234 e. The average molecular weight is 383 g/mol. The first-order valence-electron chi connectivity index (χ1n) is 9.32. The van der Waals surface area contributed by atoms with E-state index in [2.05, 4.69) is 25.5 Å². The highest BCUT2D eigenvalue weighted by molar-refractivity contribution is 5.78. The van der Waals surface area contributed by atoms with Crippen LogP contribution in [0.25, 0.3) is 0 Å². The third-order valence-corrected chi connectivity index (χ3v) is 4.42. The fourth-order valence-corrected chi connectivity index (χ4v) is 3.03. The zero-order valence-electron chi connectivity index (χ0n) is 15.9. The van der Waals surface area contributed by atoms with E-state index < -0.39 is 0 Å². The van der Waals surface area contributed by atoms with Gasteiger partial charge in [0, 0.05) is 51.2 Å². The molecule has 0 radical (unpaired) electrons. The third-order valence-electron chi connectivity index (χ3n) is 4.42. The van der Waals surface area contributed by atoms with Crippen molar-refractivity contribution in [2.24, 2.45) is 0 Å². The van der Waals surface area contributed by atoms with Gasteiger partial charge in [-0.25, -0.2) is 0 Å². The van der Waals surface area contributed by atoms with Crippen LogP contribution in [0.1, 0.15) is 24.6 Å². The monoisotopic (exact) mass is 383 g/mol. The Hall–Kier alpha value is -3.00. The van der Waals surface area contributed by atoms with Crippen molar-refractivity contribution in [2.45, 2.75) is 32.5 Å². The summed E-state index contributed by atoms with van der Waals surface area (Å²) in [4.78, 5) is 33.5. The van der Waals surface area contributed by atoms with Crippen LogP contribution in [0.2, 0.25) is 0 Å². The second kappa shape index (κ2) is 9.80. The Morgan fingerprint density at radius 3 is 2.93 bits per heavy atom. The molecule has 148 valence electrons. The number of rotatable bonds is 8. The number of carbonyl (C=O) groups is 2. The Morgan fingerprint density at radius 2 is 2.14 bits per heavy atom. The lowest BCUT2D eigenvalue weighted by Gasteiger charge is -2.17. The summed E-state index contributed by atoms with van der Waals surface area (Å²) in [6.07, 6.45) is 6.02. The fraction of sp³-hybridized carbons (Fsp3) is 0.400. The SMILES string of the molecule is CC(=O)NCc1cc(OC2CCN(CC(=O)NCc3cccnc3)C2)ccn1. The predicted octanol–water partition coefficient (Wildman–Crippen LogP) is 0.882. The minimum Gasteiger partial charge on any atom is -0.489 e. The number of pyridine rings is 2. The second-order valence-corrected chi connectivity index (χ2v) is 6.79. The first-order valence-corrected chi connectivity index (χ1v) is 9.32. The second-order valence-electron chi connectivity index (χ2n) is 6.79. The van der Waals surface area contributed by atoms with Crippen LogP contribution >= 0.6 is 0 Å². The maximum absolute atomic E-state index is 12.2. The van der Waals surface area contributed by atoms with Crippen molar-refractivity contribution in [1.29, 1.82) is 0 Å². The number of likely N-dealkylation sites (tertiary alicyclic amines) is 1. The number of hydrogen-bond acceptors (Lipinski definition) is 6. The number of amides is 2. The van der Waals surface area contributed by atoms with E-state index in [-0.39, 0.29) is 17.9 Å². The zero-order chi connectivity index (χ0) is 19.8. The molecule has 8 heteroatoms. The van der Waals surface area contributed by atoms with Gasteiger partial charge in [-0.2, -0.15) is 0 Å². The number of carbonyl (C=O) groups excluding carboxylic acids is 2. The minimum atomic E-state index is -0.0960. The summed E-state index contributed by atoms with van der Waals surface area (Å²) in [6.45, 7) is 4.19. The Morgan fingerprint density at radius 1 is 1.25 bits per heavy atom. The molecule has 1 unspecified atom stereocenters. The molecule has 1 aliphatic rings. The van der Waals surface area contributed by atoms with Crippen LogP contribution in [0, 0.1) is 0 Å². The summed E-state index contributed by atoms with van der Waals surface area (Å²) >= 11 is 0. The normalized spacial score (nSPS) is 16.5. The van der Waals surface area contributed by atoms with E-state index in [0.717, 1.165) is 30.0 Å². The number of nitrogens with zero attached hydrogens (tertiary/aromatic N) is 3. The highest BCUT2D eigenvalue weighted by Gasteiger charge is 2.25. The Bertz CT molecular complexity index is 799. The van der Waals surface area contributed by atoms with E-state index in [4.69, 9.17) is 4.74 Å². The molecule has 1 atom stereocenters. The highest BCUT2D eigenvalue weighted by Crippen LogP contribution is 2.18. The number of nitrogens with one attached hydrogen (secondary N) is 2. The van der Waals surface area contributed by atoms with Crippen molar-refractivity contribution in [3.05, 3.63) is 54.1 Å². The van der Waals surface area contributed by atoms with E-state index in [1.165, 1.54) is 6.92 Å². The summed E-state index contributed by atoms with van der Waals surface area (Å²) in [5, 5.41) is 5.64. The molecule has 2 amide bonds. The summed E-state index contributed by atoms with van der Waals surface area (Å²) in [7, 11) is 0. The van der Waals surface area contributed by atoms with Crippen LogP contribution in [-0.4, -0.2) is 52.4 Å². The summed E-state index contributed by atoms with van der Waals surface area (Å²) < 4.78 is 6.03. The zero-order valence-corrected chi connectivity index (χ0v) is 15.9. The molecule has 3 heterocycles. The van der Waals surface area contributed by atoms with Crippen LogP contribution in [0.4, 0.5) is 0 Å². The van der Waals surface area contributed by atoms with Gasteiger partial charge in [0.15, 0.2) is 0 Å². The molecule has 0 aromatic carbocycles. The summed E-state index contributed by atoms with van der Waals surface area (Å²) in [5.41, 5.74) is 1.73. The van der Waals surface area contributed by atoms with Crippen LogP contribution in [0.3, 0.4) is 0 Å². The van der Waals surface area contributed by atoms with E-state index in [1.807, 2.05) is 18.2 Å². The minimum absolute atomic E-state index is 0.00833. The van der Waals surface area contributed by atoms with Gasteiger partial charge in [0.05, 0.1) is 18.8 Å². The van der Waals surface area contributed by atoms with Gasteiger partial charge in [0.1, 0.15) is 11.9 Å². The number of aromatic nitrogens is 2. The van der Waals surface area contributed by atoms with Gasteiger partial charge in [-0.3, -0.25) is 24.5 Å². The molecule has 0 bridgehead atoms. The Labute approximate surface area is 164 Å². The molecule has 0 saturated carbocycles. The Balaban J connectivity index is 1.42. The quantitative estimate of drug-likeness (QED) is 0.703. The van der Waals surface area contributed by atoms with Crippen molar-refractivity contribution in [1.82, 2.24) is 25.5 Å². The van der Waals surface area contributed by atoms with E-state index >= 15 is 0 Å². The first kappa shape index (κ1) is 19.8. The molecule has 2 N–H and O–H groups in total. The fourth-order valence-electron chi connectivity index (χ4n) is 3.03. The van der Waals surface area contributed by atoms with Gasteiger partial charge in [-0.1, -0.05) is 6.07 Å². The predicted molar refractivity (Wildman–Crippen MR) is 103 cm³/mol. The summed E-state index contributed by atoms with van der Waals surface area (Å²) in [5.74, 6) is 0.621. The number of ether oxygens (including phenoxy) is 1. The molecule has 2 aromatic heterocycles. The topological polar surface area (TPSA) is 96.5 Å². The summed E-state index contributed by atoms with van der Waals surface area (Å²) in [6, 6.07) is 7.42. The van der Waals surface area contributed by atoms with Crippen molar-refractivity contribution >= 4 is 11.8 Å². The largest absolute Gasteiger partial charge is 0.489 e. The van der Waals surface area contributed by atoms with Crippen molar-refractivity contribution < 1.29 is 14.3 Å². The lowest BCUT2D eigenvalue weighted by Crippen LogP contribution is -2.36. The maximum atomic E-state index is 12.2. The molecule has 3 rings (SSSR count). The first-order chi connectivity index (χ1) is 13.6. The van der Waals surface area contributed by atoms with Crippen LogP contribution < -0.4 is 15.4 Å². The van der Waals surface area contributed by atoms with Gasteiger partial charge in [0.2, 0.25) is 11.8 Å². The van der Waals surface area contributed by atoms with Crippen molar-refractivity contribution in [2.75, 3.05) is 19.6 Å². The van der Waals surface area contributed by atoms with E-state index in [9.17, 15) is 9.59 Å². The van der Waals surface area contributed by atoms with E-state index in [0.29, 0.717) is 26.2 Å². The highest BCUT2D eigenvalue weighted by atomic mass is 16.5. The van der Waals surface area contributed by atoms with Crippen LogP contribution in [0.15, 0.2) is 42.9 Å². The molecule has 1 fully saturated rings. The molecule has 1 aliphatic heterocycles. The van der Waals surface area contributed by atoms with Gasteiger partial charge >= 0.3 is 0 Å². The van der Waals surface area contributed by atoms with E-state index in [1.54, 1.807) is 24.7 Å². The van der Waals surface area contributed by atoms with Crippen LogP contribution in [0.5, 0.6) is 5.75 Å². The molecular formula is C20H25N5O3. The molecule has 2 aromatic rings. The van der Waals surface area contributed by atoms with Gasteiger partial charge < -0.3 is 15.4 Å². The molecular weight excluding hydrogens is 358 g/mol. The lowest BCUT2D eigenvalue weighted by atomic mass is 10.3. The van der Waals surface area contributed by atoms with Gasteiger partial charge in [-0.15, -0.1) is 0 Å². The number of hydrogen-bond donors (Lipinski definition) is 2. The Kier molecular flexibility index (Phi) is 6.91. The van der Waals surface area contributed by atoms with Crippen molar-refractivity contribution in [3.63, 3.8) is 0 Å². The standard InChI is InChI=1S/C20H25N5O3/c1-15(26)23-12-17-9-18(4-7-22-17)28-19-5-8-25(13-19)14-20(27)24-11-16-3-2-6-21-10-16/h2-4,6-7,9-10,19H,5,8,11-14H2,1H3,(H,23,26)(H,24,27). The van der Waals surface area contributed by atoms with Gasteiger partial charge in [0.25, 0.3) is 0 Å². The maximum Gasteiger partial charge on any atom is 0.234 e. The molecule has 28 heavy (non-hydrogen) atoms. The van der Waals surface area contributed by atoms with Gasteiger partial charge in [-0.05, 0) is 24.1 Å². The molecule has 0 spiro atoms. The van der Waals surface area contributed by atoms with Crippen molar-refractivity contribution in [3.8, 4) is 5.75 Å². The lowest BCUT2D eigenvalue weighted by molar-refractivity contribution is -0.122. The van der Waals surface area contributed by atoms with Crippen LogP contribution in [-0.2, 0) is 22.7 Å². The molecule has 1 saturated heterocycles.